The summed E-state index contributed by atoms with van der Waals surface area (Å²) in [5.74, 6) is 0.698. The SMILES string of the molecule is CCn1nc(CC2CCCCC(Cl)C2)c2ccccc21. The van der Waals surface area contributed by atoms with Crippen LogP contribution >= 0.6 is 11.6 Å². The Morgan fingerprint density at radius 2 is 2.05 bits per heavy atom. The third-order valence-electron chi connectivity index (χ3n) is 4.48. The largest absolute Gasteiger partial charge is 0.265 e. The Balaban J connectivity index is 1.86. The molecule has 0 bridgehead atoms. The molecule has 0 saturated heterocycles. The number of aryl methyl sites for hydroxylation is 1. The number of hydrogen-bond donors (Lipinski definition) is 0. The molecule has 20 heavy (non-hydrogen) atoms. The summed E-state index contributed by atoms with van der Waals surface area (Å²) in [7, 11) is 0. The summed E-state index contributed by atoms with van der Waals surface area (Å²) in [6.07, 6.45) is 7.32. The van der Waals surface area contributed by atoms with Crippen LogP contribution in [-0.2, 0) is 13.0 Å². The molecule has 0 spiro atoms. The molecular weight excluding hydrogens is 268 g/mol. The van der Waals surface area contributed by atoms with Crippen LogP contribution in [0.5, 0.6) is 0 Å². The predicted molar refractivity (Wildman–Crippen MR) is 85.3 cm³/mol. The second-order valence-electron chi connectivity index (χ2n) is 5.97. The van der Waals surface area contributed by atoms with Crippen LogP contribution in [-0.4, -0.2) is 15.2 Å². The van der Waals surface area contributed by atoms with Crippen molar-refractivity contribution in [1.82, 2.24) is 9.78 Å². The molecule has 0 N–H and O–H groups in total. The van der Waals surface area contributed by atoms with E-state index in [2.05, 4.69) is 35.9 Å². The van der Waals surface area contributed by atoms with Crippen molar-refractivity contribution in [2.24, 2.45) is 5.92 Å². The van der Waals surface area contributed by atoms with E-state index >= 15 is 0 Å². The first-order valence-electron chi connectivity index (χ1n) is 7.86. The summed E-state index contributed by atoms with van der Waals surface area (Å²) < 4.78 is 2.12. The van der Waals surface area contributed by atoms with Crippen LogP contribution in [0.15, 0.2) is 24.3 Å². The van der Waals surface area contributed by atoms with Crippen molar-refractivity contribution < 1.29 is 0 Å². The molecule has 3 rings (SSSR count). The lowest BCUT2D eigenvalue weighted by Crippen LogP contribution is -2.09. The summed E-state index contributed by atoms with van der Waals surface area (Å²) in [6, 6.07) is 8.59. The molecule has 0 aliphatic heterocycles. The van der Waals surface area contributed by atoms with Crippen molar-refractivity contribution in [1.29, 1.82) is 0 Å². The lowest BCUT2D eigenvalue weighted by molar-refractivity contribution is 0.453. The maximum Gasteiger partial charge on any atom is 0.0706 e. The number of para-hydroxylation sites is 1. The fourth-order valence-electron chi connectivity index (χ4n) is 3.44. The Kier molecular flexibility index (Phi) is 4.30. The zero-order valence-electron chi connectivity index (χ0n) is 12.2. The number of nitrogens with zero attached hydrogens (tertiary/aromatic N) is 2. The number of aromatic nitrogens is 2. The van der Waals surface area contributed by atoms with Gasteiger partial charge in [0, 0.05) is 17.3 Å². The molecule has 2 aromatic rings. The Morgan fingerprint density at radius 1 is 1.25 bits per heavy atom. The minimum Gasteiger partial charge on any atom is -0.265 e. The topological polar surface area (TPSA) is 17.8 Å². The highest BCUT2D eigenvalue weighted by Gasteiger charge is 2.21. The first-order valence-corrected chi connectivity index (χ1v) is 8.30. The minimum atomic E-state index is 0.363. The number of hydrogen-bond acceptors (Lipinski definition) is 1. The van der Waals surface area contributed by atoms with Crippen LogP contribution in [0.2, 0.25) is 0 Å². The predicted octanol–water partition coefficient (Wildman–Crippen LogP) is 4.79. The summed E-state index contributed by atoms with van der Waals surface area (Å²) in [6.45, 7) is 3.09. The molecule has 1 saturated carbocycles. The van der Waals surface area contributed by atoms with Gasteiger partial charge in [0.15, 0.2) is 0 Å². The second-order valence-corrected chi connectivity index (χ2v) is 6.58. The average molecular weight is 291 g/mol. The standard InChI is InChI=1S/C17H23ClN2/c1-2-20-17-10-6-5-9-15(17)16(19-20)12-13-7-3-4-8-14(18)11-13/h5-6,9-10,13-14H,2-4,7-8,11-12H2,1H3. The van der Waals surface area contributed by atoms with E-state index in [0.29, 0.717) is 11.3 Å². The fraction of sp³-hybridized carbons (Fsp3) is 0.588. The average Bonchev–Trinajstić information content (AvgIpc) is 2.68. The van der Waals surface area contributed by atoms with Crippen LogP contribution in [0.25, 0.3) is 10.9 Å². The molecule has 1 aromatic heterocycles. The molecule has 1 heterocycles. The molecular formula is C17H23ClN2. The van der Waals surface area contributed by atoms with E-state index in [-0.39, 0.29) is 0 Å². The van der Waals surface area contributed by atoms with Crippen molar-refractivity contribution in [2.45, 2.75) is 57.4 Å². The molecule has 0 radical (unpaired) electrons. The van der Waals surface area contributed by atoms with E-state index in [1.807, 2.05) is 0 Å². The van der Waals surface area contributed by atoms with Gasteiger partial charge < -0.3 is 0 Å². The monoisotopic (exact) mass is 290 g/mol. The molecule has 2 unspecified atom stereocenters. The second kappa shape index (κ2) is 6.17. The molecule has 1 aliphatic carbocycles. The quantitative estimate of drug-likeness (QED) is 0.587. The van der Waals surface area contributed by atoms with Gasteiger partial charge in [-0.05, 0) is 38.2 Å². The molecule has 1 aliphatic rings. The van der Waals surface area contributed by atoms with E-state index < -0.39 is 0 Å². The van der Waals surface area contributed by atoms with E-state index in [0.717, 1.165) is 19.4 Å². The van der Waals surface area contributed by atoms with Gasteiger partial charge in [-0.15, -0.1) is 11.6 Å². The van der Waals surface area contributed by atoms with E-state index in [1.165, 1.54) is 42.3 Å². The van der Waals surface area contributed by atoms with Crippen LogP contribution < -0.4 is 0 Å². The zero-order valence-corrected chi connectivity index (χ0v) is 12.9. The van der Waals surface area contributed by atoms with Gasteiger partial charge in [-0.2, -0.15) is 5.10 Å². The smallest absolute Gasteiger partial charge is 0.0706 e. The van der Waals surface area contributed by atoms with E-state index in [9.17, 15) is 0 Å². The normalized spacial score (nSPS) is 23.9. The maximum atomic E-state index is 6.41. The third kappa shape index (κ3) is 2.85. The van der Waals surface area contributed by atoms with Gasteiger partial charge in [-0.3, -0.25) is 4.68 Å². The van der Waals surface area contributed by atoms with Crippen LogP contribution in [0, 0.1) is 5.92 Å². The summed E-state index contributed by atoms with van der Waals surface area (Å²) in [5.41, 5.74) is 2.53. The summed E-state index contributed by atoms with van der Waals surface area (Å²) >= 11 is 6.41. The number of alkyl halides is 1. The Bertz CT molecular complexity index is 575. The van der Waals surface area contributed by atoms with Crippen molar-refractivity contribution in [3.05, 3.63) is 30.0 Å². The van der Waals surface area contributed by atoms with E-state index in [4.69, 9.17) is 16.7 Å². The van der Waals surface area contributed by atoms with Crippen molar-refractivity contribution in [2.75, 3.05) is 0 Å². The molecule has 1 aromatic carbocycles. The third-order valence-corrected chi connectivity index (χ3v) is 4.88. The van der Waals surface area contributed by atoms with E-state index in [1.54, 1.807) is 0 Å². The number of benzene rings is 1. The molecule has 2 atom stereocenters. The lowest BCUT2D eigenvalue weighted by Gasteiger charge is -2.14. The fourth-order valence-corrected chi connectivity index (χ4v) is 3.85. The lowest BCUT2D eigenvalue weighted by atomic mass is 9.94. The highest BCUT2D eigenvalue weighted by molar-refractivity contribution is 6.20. The first-order chi connectivity index (χ1) is 9.78. The van der Waals surface area contributed by atoms with Crippen LogP contribution in [0.4, 0.5) is 0 Å². The zero-order chi connectivity index (χ0) is 13.9. The highest BCUT2D eigenvalue weighted by Crippen LogP contribution is 2.30. The van der Waals surface area contributed by atoms with Crippen LogP contribution in [0.3, 0.4) is 0 Å². The molecule has 2 nitrogen and oxygen atoms in total. The number of fused-ring (bicyclic) bond motifs is 1. The van der Waals surface area contributed by atoms with Crippen molar-refractivity contribution >= 4 is 22.5 Å². The summed E-state index contributed by atoms with van der Waals surface area (Å²) in [5, 5.41) is 6.52. The van der Waals surface area contributed by atoms with Crippen molar-refractivity contribution in [3.63, 3.8) is 0 Å². The van der Waals surface area contributed by atoms with Gasteiger partial charge in [0.25, 0.3) is 0 Å². The van der Waals surface area contributed by atoms with Gasteiger partial charge in [-0.1, -0.05) is 37.5 Å². The Labute approximate surface area is 126 Å². The van der Waals surface area contributed by atoms with Gasteiger partial charge in [0.1, 0.15) is 0 Å². The van der Waals surface area contributed by atoms with Gasteiger partial charge >= 0.3 is 0 Å². The Morgan fingerprint density at radius 3 is 2.90 bits per heavy atom. The maximum absolute atomic E-state index is 6.41. The molecule has 0 amide bonds. The summed E-state index contributed by atoms with van der Waals surface area (Å²) in [4.78, 5) is 0. The van der Waals surface area contributed by atoms with Gasteiger partial charge in [-0.25, -0.2) is 0 Å². The molecule has 108 valence electrons. The van der Waals surface area contributed by atoms with Gasteiger partial charge in [0.05, 0.1) is 11.2 Å². The minimum absolute atomic E-state index is 0.363. The molecule has 1 fully saturated rings. The van der Waals surface area contributed by atoms with Crippen molar-refractivity contribution in [3.8, 4) is 0 Å². The highest BCUT2D eigenvalue weighted by atomic mass is 35.5. The number of rotatable bonds is 3. The first kappa shape index (κ1) is 13.9. The van der Waals surface area contributed by atoms with Crippen LogP contribution in [0.1, 0.15) is 44.7 Å². The van der Waals surface area contributed by atoms with Gasteiger partial charge in [0.2, 0.25) is 0 Å². The Hall–Kier alpha value is -1.02. The number of halogens is 1. The molecule has 3 heteroatoms.